The number of pyridine rings is 1. The molecule has 0 unspecified atom stereocenters. The van der Waals surface area contributed by atoms with Crippen LogP contribution in [0.25, 0.3) is 22.4 Å². The van der Waals surface area contributed by atoms with Gasteiger partial charge in [0, 0.05) is 16.6 Å². The molecular formula is C25H23N3O3. The first-order chi connectivity index (χ1) is 15.1. The first kappa shape index (κ1) is 19.4. The number of ether oxygens (including phenoxy) is 1. The summed E-state index contributed by atoms with van der Waals surface area (Å²) in [5.41, 5.74) is 5.39. The number of esters is 1. The molecule has 31 heavy (non-hydrogen) atoms. The minimum Gasteiger partial charge on any atom is -0.449 e. The highest BCUT2D eigenvalue weighted by molar-refractivity contribution is 6.05. The van der Waals surface area contributed by atoms with Crippen molar-refractivity contribution in [2.24, 2.45) is 0 Å². The highest BCUT2D eigenvalue weighted by Gasteiger charge is 2.26. The lowest BCUT2D eigenvalue weighted by Crippen LogP contribution is -2.17. The molecule has 0 saturated carbocycles. The molecule has 0 amide bonds. The minimum absolute atomic E-state index is 0.275. The van der Waals surface area contributed by atoms with Crippen molar-refractivity contribution in [3.8, 4) is 11.5 Å². The third-order valence-corrected chi connectivity index (χ3v) is 5.71. The lowest BCUT2D eigenvalue weighted by atomic mass is 9.90. The smallest absolute Gasteiger partial charge is 0.339 e. The largest absolute Gasteiger partial charge is 0.449 e. The molecule has 1 aliphatic carbocycles. The van der Waals surface area contributed by atoms with Crippen LogP contribution >= 0.6 is 0 Å². The maximum absolute atomic E-state index is 13.3. The summed E-state index contributed by atoms with van der Waals surface area (Å²) in [5.74, 6) is 0.310. The van der Waals surface area contributed by atoms with Crippen LogP contribution in [-0.4, -0.2) is 21.2 Å². The summed E-state index contributed by atoms with van der Waals surface area (Å²) in [6.07, 6.45) is 3.20. The van der Waals surface area contributed by atoms with Crippen LogP contribution in [0.1, 0.15) is 58.9 Å². The SMILES string of the molecule is Cc1cccc(-c2nnc([C@@H](C)OC(=O)c3c4c(nc5ccccc35)CCCC4)o2)c1. The lowest BCUT2D eigenvalue weighted by Gasteiger charge is -2.20. The van der Waals surface area contributed by atoms with Crippen LogP contribution in [0.3, 0.4) is 0 Å². The number of aromatic nitrogens is 3. The second kappa shape index (κ2) is 7.95. The van der Waals surface area contributed by atoms with E-state index in [1.54, 1.807) is 6.92 Å². The maximum Gasteiger partial charge on any atom is 0.339 e. The van der Waals surface area contributed by atoms with E-state index in [1.165, 1.54) is 0 Å². The Hall–Kier alpha value is -3.54. The highest BCUT2D eigenvalue weighted by atomic mass is 16.6. The predicted molar refractivity (Wildman–Crippen MR) is 117 cm³/mol. The zero-order chi connectivity index (χ0) is 21.4. The second-order valence-electron chi connectivity index (χ2n) is 8.00. The molecular weight excluding hydrogens is 390 g/mol. The van der Waals surface area contributed by atoms with Crippen LogP contribution in [0.15, 0.2) is 52.9 Å². The van der Waals surface area contributed by atoms with Crippen molar-refractivity contribution in [3.05, 3.63) is 76.8 Å². The number of hydrogen-bond donors (Lipinski definition) is 0. The van der Waals surface area contributed by atoms with Crippen LogP contribution < -0.4 is 0 Å². The Kier molecular flexibility index (Phi) is 4.98. The number of rotatable bonds is 4. The number of carbonyl (C=O) groups is 1. The first-order valence-corrected chi connectivity index (χ1v) is 10.6. The quantitative estimate of drug-likeness (QED) is 0.418. The molecule has 2 aromatic carbocycles. The minimum atomic E-state index is -0.662. The van der Waals surface area contributed by atoms with Crippen LogP contribution in [0.5, 0.6) is 0 Å². The number of nitrogens with zero attached hydrogens (tertiary/aromatic N) is 3. The summed E-state index contributed by atoms with van der Waals surface area (Å²) in [7, 11) is 0. The van der Waals surface area contributed by atoms with Gasteiger partial charge in [0.15, 0.2) is 6.10 Å². The standard InChI is InChI=1S/C25H23N3O3/c1-15-8-7-9-17(14-15)24-28-27-23(31-24)16(2)30-25(29)22-18-10-3-5-12-20(18)26-21-13-6-4-11-19(21)22/h3,5,7-10,12,14,16H,4,6,11,13H2,1-2H3/t16-/m1/s1. The normalized spacial score (nSPS) is 14.3. The van der Waals surface area contributed by atoms with Crippen LogP contribution in [0, 0.1) is 6.92 Å². The summed E-state index contributed by atoms with van der Waals surface area (Å²) in [5, 5.41) is 9.07. The molecule has 0 radical (unpaired) electrons. The number of hydrogen-bond acceptors (Lipinski definition) is 6. The first-order valence-electron chi connectivity index (χ1n) is 10.6. The Bertz CT molecular complexity index is 1280. The van der Waals surface area contributed by atoms with Gasteiger partial charge in [-0.3, -0.25) is 4.98 Å². The van der Waals surface area contributed by atoms with Gasteiger partial charge in [-0.15, -0.1) is 10.2 Å². The molecule has 6 heteroatoms. The number of benzene rings is 2. The fraction of sp³-hybridized carbons (Fsp3) is 0.280. The van der Waals surface area contributed by atoms with E-state index in [0.717, 1.165) is 59.0 Å². The van der Waals surface area contributed by atoms with E-state index >= 15 is 0 Å². The van der Waals surface area contributed by atoms with Crippen molar-refractivity contribution in [2.75, 3.05) is 0 Å². The molecule has 2 aromatic heterocycles. The molecule has 0 spiro atoms. The Labute approximate surface area is 180 Å². The van der Waals surface area contributed by atoms with Gasteiger partial charge >= 0.3 is 5.97 Å². The van der Waals surface area contributed by atoms with E-state index in [0.29, 0.717) is 11.5 Å². The van der Waals surface area contributed by atoms with Gasteiger partial charge in [0.1, 0.15) is 0 Å². The monoisotopic (exact) mass is 413 g/mol. The molecule has 156 valence electrons. The van der Waals surface area contributed by atoms with Gasteiger partial charge in [-0.2, -0.15) is 0 Å². The molecule has 6 nitrogen and oxygen atoms in total. The average molecular weight is 413 g/mol. The fourth-order valence-corrected chi connectivity index (χ4v) is 4.17. The average Bonchev–Trinajstić information content (AvgIpc) is 3.28. The predicted octanol–water partition coefficient (Wildman–Crippen LogP) is 5.39. The van der Waals surface area contributed by atoms with Gasteiger partial charge in [0.25, 0.3) is 5.89 Å². The molecule has 0 aliphatic heterocycles. The van der Waals surface area contributed by atoms with Crippen molar-refractivity contribution in [2.45, 2.75) is 45.6 Å². The number of aryl methyl sites for hydroxylation is 2. The summed E-state index contributed by atoms with van der Waals surface area (Å²) < 4.78 is 11.6. The molecule has 5 rings (SSSR count). The summed E-state index contributed by atoms with van der Waals surface area (Å²) in [6.45, 7) is 3.76. The Morgan fingerprint density at radius 2 is 1.90 bits per heavy atom. The third-order valence-electron chi connectivity index (χ3n) is 5.71. The summed E-state index contributed by atoms with van der Waals surface area (Å²) >= 11 is 0. The maximum atomic E-state index is 13.3. The van der Waals surface area contributed by atoms with E-state index in [1.807, 2.05) is 55.5 Å². The van der Waals surface area contributed by atoms with Crippen molar-refractivity contribution in [1.82, 2.24) is 15.2 Å². The van der Waals surface area contributed by atoms with Gasteiger partial charge in [-0.05, 0) is 63.3 Å². The number of para-hydroxylation sites is 1. The molecule has 1 aliphatic rings. The third kappa shape index (κ3) is 3.69. The van der Waals surface area contributed by atoms with Crippen LogP contribution in [0.2, 0.25) is 0 Å². The van der Waals surface area contributed by atoms with Gasteiger partial charge in [-0.1, -0.05) is 35.9 Å². The van der Waals surface area contributed by atoms with E-state index in [2.05, 4.69) is 10.2 Å². The molecule has 2 heterocycles. The van der Waals surface area contributed by atoms with Gasteiger partial charge in [0.05, 0.1) is 11.1 Å². The van der Waals surface area contributed by atoms with Crippen molar-refractivity contribution < 1.29 is 13.9 Å². The fourth-order valence-electron chi connectivity index (χ4n) is 4.17. The second-order valence-corrected chi connectivity index (χ2v) is 8.00. The zero-order valence-corrected chi connectivity index (χ0v) is 17.6. The van der Waals surface area contributed by atoms with Crippen LogP contribution in [0.4, 0.5) is 0 Å². The van der Waals surface area contributed by atoms with Gasteiger partial charge < -0.3 is 9.15 Å². The van der Waals surface area contributed by atoms with E-state index in [4.69, 9.17) is 14.1 Å². The highest BCUT2D eigenvalue weighted by Crippen LogP contribution is 2.31. The van der Waals surface area contributed by atoms with E-state index < -0.39 is 6.10 Å². The summed E-state index contributed by atoms with van der Waals surface area (Å²) in [4.78, 5) is 18.1. The van der Waals surface area contributed by atoms with Crippen molar-refractivity contribution in [1.29, 1.82) is 0 Å². The van der Waals surface area contributed by atoms with Crippen molar-refractivity contribution >= 4 is 16.9 Å². The Balaban J connectivity index is 1.45. The summed E-state index contributed by atoms with van der Waals surface area (Å²) in [6, 6.07) is 15.6. The molecule has 0 N–H and O–H groups in total. The van der Waals surface area contributed by atoms with Gasteiger partial charge in [-0.25, -0.2) is 4.79 Å². The van der Waals surface area contributed by atoms with E-state index in [-0.39, 0.29) is 11.9 Å². The molecule has 0 fully saturated rings. The molecule has 1 atom stereocenters. The Morgan fingerprint density at radius 1 is 1.06 bits per heavy atom. The molecule has 4 aromatic rings. The molecule has 0 bridgehead atoms. The van der Waals surface area contributed by atoms with Crippen molar-refractivity contribution in [3.63, 3.8) is 0 Å². The van der Waals surface area contributed by atoms with E-state index in [9.17, 15) is 4.79 Å². The zero-order valence-electron chi connectivity index (χ0n) is 17.6. The topological polar surface area (TPSA) is 78.1 Å². The lowest BCUT2D eigenvalue weighted by molar-refractivity contribution is 0.0280. The van der Waals surface area contributed by atoms with Crippen LogP contribution in [-0.2, 0) is 17.6 Å². The van der Waals surface area contributed by atoms with Gasteiger partial charge in [0.2, 0.25) is 5.89 Å². The Morgan fingerprint density at radius 3 is 2.77 bits per heavy atom. The molecule has 0 saturated heterocycles. The number of carbonyl (C=O) groups excluding carboxylic acids is 1. The number of fused-ring (bicyclic) bond motifs is 2.